The van der Waals surface area contributed by atoms with E-state index in [2.05, 4.69) is 45.1 Å². The highest BCUT2D eigenvalue weighted by atomic mass is 79.9. The van der Waals surface area contributed by atoms with Gasteiger partial charge in [0.25, 0.3) is 0 Å². The maximum Gasteiger partial charge on any atom is 0.216 e. The third-order valence-corrected chi connectivity index (χ3v) is 4.66. The molecule has 0 unspecified atom stereocenters. The number of aromatic nitrogens is 3. The van der Waals surface area contributed by atoms with Crippen LogP contribution >= 0.6 is 28.1 Å². The van der Waals surface area contributed by atoms with E-state index in [0.29, 0.717) is 22.2 Å². The van der Waals surface area contributed by atoms with Crippen molar-refractivity contribution in [1.82, 2.24) is 14.9 Å². The first kappa shape index (κ1) is 18.7. The molecule has 0 aliphatic heterocycles. The highest BCUT2D eigenvalue weighted by Crippen LogP contribution is 2.35. The SMILES string of the molecule is CCC(CC)c1n[nH]c(=S)n1/N=C\c1cc(Br)c(OC)c(OC)c1. The Bertz CT molecular complexity index is 781. The van der Waals surface area contributed by atoms with Gasteiger partial charge in [-0.3, -0.25) is 5.10 Å². The molecule has 130 valence electrons. The lowest BCUT2D eigenvalue weighted by Gasteiger charge is -2.11. The van der Waals surface area contributed by atoms with E-state index < -0.39 is 0 Å². The second-order valence-corrected chi connectivity index (χ2v) is 6.44. The number of nitrogens with zero attached hydrogens (tertiary/aromatic N) is 3. The van der Waals surface area contributed by atoms with Gasteiger partial charge in [-0.1, -0.05) is 13.8 Å². The van der Waals surface area contributed by atoms with Crippen LogP contribution in [0.25, 0.3) is 0 Å². The minimum atomic E-state index is 0.312. The third-order valence-electron chi connectivity index (χ3n) is 3.80. The maximum atomic E-state index is 5.35. The van der Waals surface area contributed by atoms with E-state index in [0.717, 1.165) is 28.7 Å². The van der Waals surface area contributed by atoms with Crippen molar-refractivity contribution in [1.29, 1.82) is 0 Å². The van der Waals surface area contributed by atoms with Gasteiger partial charge in [0.15, 0.2) is 17.3 Å². The van der Waals surface area contributed by atoms with Gasteiger partial charge in [-0.05, 0) is 58.7 Å². The molecule has 0 amide bonds. The predicted molar refractivity (Wildman–Crippen MR) is 101 cm³/mol. The van der Waals surface area contributed by atoms with E-state index in [4.69, 9.17) is 21.7 Å². The summed E-state index contributed by atoms with van der Waals surface area (Å²) in [4.78, 5) is 0. The van der Waals surface area contributed by atoms with Crippen LogP contribution in [0.1, 0.15) is 44.0 Å². The topological polar surface area (TPSA) is 64.4 Å². The number of H-pyrrole nitrogens is 1. The van der Waals surface area contributed by atoms with E-state index in [9.17, 15) is 0 Å². The lowest BCUT2D eigenvalue weighted by Crippen LogP contribution is -2.05. The number of aromatic amines is 1. The number of rotatable bonds is 7. The molecule has 0 radical (unpaired) electrons. The van der Waals surface area contributed by atoms with Crippen LogP contribution in [0.15, 0.2) is 21.7 Å². The van der Waals surface area contributed by atoms with Gasteiger partial charge < -0.3 is 9.47 Å². The first-order valence-corrected chi connectivity index (χ1v) is 8.88. The van der Waals surface area contributed by atoms with Crippen molar-refractivity contribution in [2.24, 2.45) is 5.10 Å². The van der Waals surface area contributed by atoms with E-state index >= 15 is 0 Å². The van der Waals surface area contributed by atoms with E-state index in [1.165, 1.54) is 0 Å². The monoisotopic (exact) mass is 412 g/mol. The summed E-state index contributed by atoms with van der Waals surface area (Å²) in [6.45, 7) is 4.26. The molecule has 0 bridgehead atoms. The normalized spacial score (nSPS) is 11.4. The molecule has 0 saturated heterocycles. The van der Waals surface area contributed by atoms with E-state index in [1.807, 2.05) is 12.1 Å². The van der Waals surface area contributed by atoms with Crippen LogP contribution in [0.5, 0.6) is 11.5 Å². The number of hydrogen-bond donors (Lipinski definition) is 1. The van der Waals surface area contributed by atoms with Crippen molar-refractivity contribution in [3.63, 3.8) is 0 Å². The molecule has 0 fully saturated rings. The molecule has 2 aromatic rings. The molecule has 0 aliphatic carbocycles. The van der Waals surface area contributed by atoms with Crippen LogP contribution < -0.4 is 9.47 Å². The molecule has 0 aliphatic rings. The quantitative estimate of drug-likeness (QED) is 0.536. The summed E-state index contributed by atoms with van der Waals surface area (Å²) in [6.07, 6.45) is 3.69. The molecule has 1 N–H and O–H groups in total. The molecule has 1 heterocycles. The fraction of sp³-hybridized carbons (Fsp3) is 0.438. The number of ether oxygens (including phenoxy) is 2. The second-order valence-electron chi connectivity index (χ2n) is 5.19. The summed E-state index contributed by atoms with van der Waals surface area (Å²) in [6, 6.07) is 3.76. The standard InChI is InChI=1S/C16H21BrN4O2S/c1-5-11(6-2)15-19-20-16(24)21(15)18-9-10-7-12(17)14(23-4)13(8-10)22-3/h7-9,11H,5-6H2,1-4H3,(H,20,24)/b18-9-. The number of nitrogens with one attached hydrogen (secondary N) is 1. The van der Waals surface area contributed by atoms with Crippen LogP contribution in [0.3, 0.4) is 0 Å². The predicted octanol–water partition coefficient (Wildman–Crippen LogP) is 4.51. The first-order valence-electron chi connectivity index (χ1n) is 7.68. The Morgan fingerprint density at radius 2 is 2.04 bits per heavy atom. The molecule has 0 saturated carbocycles. The zero-order chi connectivity index (χ0) is 17.7. The molecular formula is C16H21BrN4O2S. The Morgan fingerprint density at radius 3 is 2.62 bits per heavy atom. The molecule has 0 atom stereocenters. The Morgan fingerprint density at radius 1 is 1.33 bits per heavy atom. The number of hydrogen-bond acceptors (Lipinski definition) is 5. The highest BCUT2D eigenvalue weighted by Gasteiger charge is 2.15. The summed E-state index contributed by atoms with van der Waals surface area (Å²) in [7, 11) is 3.20. The Balaban J connectivity index is 2.40. The number of methoxy groups -OCH3 is 2. The van der Waals surface area contributed by atoms with Gasteiger partial charge in [-0.25, -0.2) is 0 Å². The summed E-state index contributed by atoms with van der Waals surface area (Å²) in [5.41, 5.74) is 0.859. The van der Waals surface area contributed by atoms with Crippen molar-refractivity contribution in [3.8, 4) is 11.5 Å². The van der Waals surface area contributed by atoms with Gasteiger partial charge in [-0.15, -0.1) is 0 Å². The van der Waals surface area contributed by atoms with Crippen LogP contribution in [0.2, 0.25) is 0 Å². The largest absolute Gasteiger partial charge is 0.493 e. The van der Waals surface area contributed by atoms with E-state index in [1.54, 1.807) is 25.1 Å². The minimum Gasteiger partial charge on any atom is -0.493 e. The van der Waals surface area contributed by atoms with Gasteiger partial charge in [-0.2, -0.15) is 14.9 Å². The van der Waals surface area contributed by atoms with Crippen molar-refractivity contribution in [2.45, 2.75) is 32.6 Å². The smallest absolute Gasteiger partial charge is 0.216 e. The summed E-state index contributed by atoms with van der Waals surface area (Å²) >= 11 is 8.77. The summed E-state index contributed by atoms with van der Waals surface area (Å²) in [5, 5.41) is 11.7. The first-order chi connectivity index (χ1) is 11.5. The van der Waals surface area contributed by atoms with Crippen molar-refractivity contribution in [2.75, 3.05) is 14.2 Å². The average molecular weight is 413 g/mol. The van der Waals surface area contributed by atoms with Crippen molar-refractivity contribution >= 4 is 34.4 Å². The molecule has 2 rings (SSSR count). The van der Waals surface area contributed by atoms with Crippen molar-refractivity contribution in [3.05, 3.63) is 32.8 Å². The fourth-order valence-electron chi connectivity index (χ4n) is 2.47. The molecule has 8 heteroatoms. The fourth-order valence-corrected chi connectivity index (χ4v) is 3.28. The molecule has 6 nitrogen and oxygen atoms in total. The van der Waals surface area contributed by atoms with Gasteiger partial charge in [0.05, 0.1) is 24.9 Å². The zero-order valence-electron chi connectivity index (χ0n) is 14.2. The highest BCUT2D eigenvalue weighted by molar-refractivity contribution is 9.10. The Kier molecular flexibility index (Phi) is 6.56. The minimum absolute atomic E-state index is 0.312. The lowest BCUT2D eigenvalue weighted by molar-refractivity contribution is 0.353. The molecule has 0 spiro atoms. The molecule has 1 aromatic carbocycles. The van der Waals surface area contributed by atoms with Gasteiger partial charge >= 0.3 is 0 Å². The molecule has 1 aromatic heterocycles. The van der Waals surface area contributed by atoms with Crippen LogP contribution in [0, 0.1) is 4.77 Å². The lowest BCUT2D eigenvalue weighted by atomic mass is 10.0. The zero-order valence-corrected chi connectivity index (χ0v) is 16.6. The maximum absolute atomic E-state index is 5.35. The summed E-state index contributed by atoms with van der Waals surface area (Å²) in [5.74, 6) is 2.43. The van der Waals surface area contributed by atoms with Crippen molar-refractivity contribution < 1.29 is 9.47 Å². The van der Waals surface area contributed by atoms with Gasteiger partial charge in [0.1, 0.15) is 0 Å². The van der Waals surface area contributed by atoms with Gasteiger partial charge in [0.2, 0.25) is 4.77 Å². The third kappa shape index (κ3) is 3.87. The number of halogens is 1. The molecule has 24 heavy (non-hydrogen) atoms. The van der Waals surface area contributed by atoms with Crippen LogP contribution in [-0.2, 0) is 0 Å². The average Bonchev–Trinajstić information content (AvgIpc) is 2.94. The second kappa shape index (κ2) is 8.43. The Hall–Kier alpha value is -1.67. The number of benzene rings is 1. The summed E-state index contributed by atoms with van der Waals surface area (Å²) < 4.78 is 13.6. The molecular weight excluding hydrogens is 392 g/mol. The van der Waals surface area contributed by atoms with Crippen LogP contribution in [0.4, 0.5) is 0 Å². The van der Waals surface area contributed by atoms with Crippen LogP contribution in [-0.4, -0.2) is 35.3 Å². The van der Waals surface area contributed by atoms with E-state index in [-0.39, 0.29) is 0 Å². The Labute approximate surface area is 155 Å². The van der Waals surface area contributed by atoms with Gasteiger partial charge in [0, 0.05) is 5.92 Å².